The molecule has 80 valence electrons. The summed E-state index contributed by atoms with van der Waals surface area (Å²) in [6, 6.07) is 0. The molecular formula is C11H19NO2. The highest BCUT2D eigenvalue weighted by Crippen LogP contribution is 2.16. The monoisotopic (exact) mass is 197 g/mol. The molecule has 0 bridgehead atoms. The predicted octanol–water partition coefficient (Wildman–Crippen LogP) is 2.43. The molecule has 0 aliphatic carbocycles. The van der Waals surface area contributed by atoms with Crippen LogP contribution < -0.4 is 0 Å². The van der Waals surface area contributed by atoms with Crippen molar-refractivity contribution < 1.29 is 9.53 Å². The lowest BCUT2D eigenvalue weighted by molar-refractivity contribution is 0.113. The summed E-state index contributed by atoms with van der Waals surface area (Å²) in [6.07, 6.45) is 4.79. The average Bonchev–Trinajstić information content (AvgIpc) is 2.39. The fourth-order valence-electron chi connectivity index (χ4n) is 1.67. The van der Waals surface area contributed by atoms with Gasteiger partial charge in [0.05, 0.1) is 0 Å². The van der Waals surface area contributed by atoms with Gasteiger partial charge in [0.15, 0.2) is 0 Å². The Bertz CT molecular complexity index is 203. The van der Waals surface area contributed by atoms with Crippen LogP contribution in [-0.4, -0.2) is 30.7 Å². The summed E-state index contributed by atoms with van der Waals surface area (Å²) < 4.78 is 4.99. The van der Waals surface area contributed by atoms with Crippen LogP contribution in [0.3, 0.4) is 0 Å². The second kappa shape index (κ2) is 5.68. The molecule has 1 aliphatic heterocycles. The predicted molar refractivity (Wildman–Crippen MR) is 56.1 cm³/mol. The highest BCUT2D eigenvalue weighted by molar-refractivity contribution is 5.67. The summed E-state index contributed by atoms with van der Waals surface area (Å²) in [5.74, 6) is 0.729. The van der Waals surface area contributed by atoms with E-state index < -0.39 is 0 Å². The maximum atomic E-state index is 11.5. The normalized spacial score (nSPS) is 22.6. The molecule has 0 saturated carbocycles. The number of nitrogens with zero attached hydrogens (tertiary/aromatic N) is 1. The Labute approximate surface area is 85.7 Å². The van der Waals surface area contributed by atoms with Crippen LogP contribution in [0.2, 0.25) is 0 Å². The van der Waals surface area contributed by atoms with E-state index in [1.165, 1.54) is 6.42 Å². The number of amides is 1. The highest BCUT2D eigenvalue weighted by Gasteiger charge is 2.18. The summed E-state index contributed by atoms with van der Waals surface area (Å²) in [5.41, 5.74) is 0. The number of rotatable bonds is 2. The van der Waals surface area contributed by atoms with Gasteiger partial charge in [-0.2, -0.15) is 0 Å². The number of carbonyl (C=O) groups is 1. The van der Waals surface area contributed by atoms with E-state index in [-0.39, 0.29) is 6.09 Å². The van der Waals surface area contributed by atoms with Gasteiger partial charge in [-0.15, -0.1) is 0 Å². The van der Waals surface area contributed by atoms with Crippen molar-refractivity contribution in [3.8, 4) is 0 Å². The molecule has 1 atom stereocenters. The van der Waals surface area contributed by atoms with Crippen molar-refractivity contribution in [2.75, 3.05) is 19.7 Å². The van der Waals surface area contributed by atoms with E-state index in [1.807, 2.05) is 0 Å². The Morgan fingerprint density at radius 2 is 2.36 bits per heavy atom. The molecule has 14 heavy (non-hydrogen) atoms. The van der Waals surface area contributed by atoms with Crippen LogP contribution in [0, 0.1) is 5.92 Å². The summed E-state index contributed by atoms with van der Waals surface area (Å²) in [7, 11) is 0. The average molecular weight is 197 g/mol. The largest absolute Gasteiger partial charge is 0.445 e. The molecule has 1 unspecified atom stereocenters. The molecule has 0 N–H and O–H groups in total. The molecule has 1 rings (SSSR count). The van der Waals surface area contributed by atoms with Crippen molar-refractivity contribution in [3.63, 3.8) is 0 Å². The fraction of sp³-hybridized carbons (Fsp3) is 0.727. The van der Waals surface area contributed by atoms with Gasteiger partial charge in [0, 0.05) is 13.1 Å². The summed E-state index contributed by atoms with van der Waals surface area (Å²) >= 11 is 0. The zero-order chi connectivity index (χ0) is 10.4. The number of hydrogen-bond donors (Lipinski definition) is 0. The molecule has 0 aromatic carbocycles. The van der Waals surface area contributed by atoms with Gasteiger partial charge in [-0.25, -0.2) is 4.79 Å². The minimum Gasteiger partial charge on any atom is -0.445 e. The third-order valence-corrected chi connectivity index (χ3v) is 2.60. The van der Waals surface area contributed by atoms with Gasteiger partial charge < -0.3 is 9.64 Å². The second-order valence-corrected chi connectivity index (χ2v) is 3.89. The Balaban J connectivity index is 2.35. The topological polar surface area (TPSA) is 29.5 Å². The molecule has 0 aromatic rings. The van der Waals surface area contributed by atoms with Gasteiger partial charge in [-0.05, 0) is 25.2 Å². The van der Waals surface area contributed by atoms with Gasteiger partial charge >= 0.3 is 6.09 Å². The zero-order valence-corrected chi connectivity index (χ0v) is 8.87. The van der Waals surface area contributed by atoms with Crippen molar-refractivity contribution >= 4 is 6.09 Å². The van der Waals surface area contributed by atoms with E-state index in [0.717, 1.165) is 31.8 Å². The van der Waals surface area contributed by atoms with E-state index in [2.05, 4.69) is 13.5 Å². The molecule has 1 amide bonds. The van der Waals surface area contributed by atoms with Crippen LogP contribution >= 0.6 is 0 Å². The van der Waals surface area contributed by atoms with E-state index in [9.17, 15) is 4.79 Å². The Hall–Kier alpha value is -0.990. The molecule has 1 aliphatic rings. The number of likely N-dealkylation sites (tertiary alicyclic amines) is 1. The highest BCUT2D eigenvalue weighted by atomic mass is 16.6. The maximum absolute atomic E-state index is 11.5. The number of carbonyl (C=O) groups excluding carboxylic acids is 1. The molecule has 1 heterocycles. The van der Waals surface area contributed by atoms with Gasteiger partial charge in [-0.3, -0.25) is 0 Å². The lowest BCUT2D eigenvalue weighted by Gasteiger charge is -2.19. The maximum Gasteiger partial charge on any atom is 0.410 e. The summed E-state index contributed by atoms with van der Waals surface area (Å²) in [4.78, 5) is 13.3. The quantitative estimate of drug-likeness (QED) is 0.636. The first-order valence-electron chi connectivity index (χ1n) is 5.26. The smallest absolute Gasteiger partial charge is 0.410 e. The number of hydrogen-bond acceptors (Lipinski definition) is 2. The number of ether oxygens (including phenoxy) is 1. The van der Waals surface area contributed by atoms with Crippen molar-refractivity contribution in [1.29, 1.82) is 0 Å². The first kappa shape index (κ1) is 11.1. The van der Waals surface area contributed by atoms with Gasteiger partial charge in [0.25, 0.3) is 0 Å². The van der Waals surface area contributed by atoms with Crippen molar-refractivity contribution in [2.45, 2.75) is 26.2 Å². The van der Waals surface area contributed by atoms with E-state index in [1.54, 1.807) is 11.0 Å². The minimum absolute atomic E-state index is 0.195. The van der Waals surface area contributed by atoms with E-state index in [4.69, 9.17) is 4.74 Å². The van der Waals surface area contributed by atoms with Crippen LogP contribution in [0.1, 0.15) is 26.2 Å². The Kier molecular flexibility index (Phi) is 4.50. The van der Waals surface area contributed by atoms with E-state index >= 15 is 0 Å². The zero-order valence-electron chi connectivity index (χ0n) is 8.87. The standard InChI is InChI=1S/C11H19NO2/c1-3-9-14-11(13)12-7-4-5-10(2)6-8-12/h3,10H,1,4-9H2,2H3. The molecule has 1 saturated heterocycles. The lowest BCUT2D eigenvalue weighted by Crippen LogP contribution is -2.32. The van der Waals surface area contributed by atoms with Crippen LogP contribution in [0.15, 0.2) is 12.7 Å². The van der Waals surface area contributed by atoms with Crippen LogP contribution in [0.25, 0.3) is 0 Å². The fourth-order valence-corrected chi connectivity index (χ4v) is 1.67. The first-order valence-corrected chi connectivity index (χ1v) is 5.26. The third kappa shape index (κ3) is 3.40. The molecule has 0 spiro atoms. The minimum atomic E-state index is -0.195. The van der Waals surface area contributed by atoms with Crippen LogP contribution in [0.5, 0.6) is 0 Å². The first-order chi connectivity index (χ1) is 6.74. The molecule has 1 fully saturated rings. The van der Waals surface area contributed by atoms with Crippen molar-refractivity contribution in [2.24, 2.45) is 5.92 Å². The van der Waals surface area contributed by atoms with Crippen molar-refractivity contribution in [3.05, 3.63) is 12.7 Å². The van der Waals surface area contributed by atoms with Crippen molar-refractivity contribution in [1.82, 2.24) is 4.90 Å². The van der Waals surface area contributed by atoms with Crippen LogP contribution in [-0.2, 0) is 4.74 Å². The molecule has 0 aromatic heterocycles. The van der Waals surface area contributed by atoms with Crippen LogP contribution in [0.4, 0.5) is 4.79 Å². The molecule has 3 nitrogen and oxygen atoms in total. The summed E-state index contributed by atoms with van der Waals surface area (Å²) in [5, 5.41) is 0. The third-order valence-electron chi connectivity index (χ3n) is 2.60. The van der Waals surface area contributed by atoms with Gasteiger partial charge in [0.1, 0.15) is 6.61 Å². The molecule has 0 radical (unpaired) electrons. The van der Waals surface area contributed by atoms with E-state index in [0.29, 0.717) is 6.61 Å². The SMILES string of the molecule is C=CCOC(=O)N1CCCC(C)CC1. The Morgan fingerprint density at radius 1 is 1.57 bits per heavy atom. The molecule has 3 heteroatoms. The summed E-state index contributed by atoms with van der Waals surface area (Å²) in [6.45, 7) is 7.72. The molecular weight excluding hydrogens is 178 g/mol. The van der Waals surface area contributed by atoms with Gasteiger partial charge in [0.2, 0.25) is 0 Å². The van der Waals surface area contributed by atoms with Gasteiger partial charge in [-0.1, -0.05) is 19.6 Å². The lowest BCUT2D eigenvalue weighted by atomic mass is 10.0. The second-order valence-electron chi connectivity index (χ2n) is 3.89. The Morgan fingerprint density at radius 3 is 3.07 bits per heavy atom.